The molecule has 1 aliphatic carbocycles. The summed E-state index contributed by atoms with van der Waals surface area (Å²) in [5.41, 5.74) is 1.12. The van der Waals surface area contributed by atoms with Crippen LogP contribution in [0, 0.1) is 0 Å². The Labute approximate surface area is 108 Å². The van der Waals surface area contributed by atoms with Gasteiger partial charge in [0.25, 0.3) is 0 Å². The molecule has 98 valence electrons. The smallest absolute Gasteiger partial charge is 0.161 e. The quantitative estimate of drug-likeness (QED) is 0.725. The third-order valence-electron chi connectivity index (χ3n) is 3.37. The van der Waals surface area contributed by atoms with E-state index in [4.69, 9.17) is 9.47 Å². The molecule has 1 aromatic rings. The molecule has 0 unspecified atom stereocenters. The Morgan fingerprint density at radius 1 is 1.28 bits per heavy atom. The standard InChI is InChI=1S/C15H20O3/c1-17-14-9-8-12(5-4-10-16)11-15(14)18-13-6-2-3-7-13/h8-11,13H,2-7H2,1H3. The summed E-state index contributed by atoms with van der Waals surface area (Å²) in [6.45, 7) is 0. The highest BCUT2D eigenvalue weighted by Crippen LogP contribution is 2.32. The number of aryl methyl sites for hydroxylation is 1. The summed E-state index contributed by atoms with van der Waals surface area (Å²) in [7, 11) is 1.65. The van der Waals surface area contributed by atoms with Gasteiger partial charge in [-0.25, -0.2) is 0 Å². The molecular formula is C15H20O3. The molecule has 0 saturated heterocycles. The molecule has 18 heavy (non-hydrogen) atoms. The molecule has 2 rings (SSSR count). The van der Waals surface area contributed by atoms with Crippen LogP contribution in [0.5, 0.6) is 11.5 Å². The van der Waals surface area contributed by atoms with E-state index < -0.39 is 0 Å². The summed E-state index contributed by atoms with van der Waals surface area (Å²) in [6.07, 6.45) is 7.32. The Hall–Kier alpha value is -1.51. The van der Waals surface area contributed by atoms with E-state index in [1.54, 1.807) is 7.11 Å². The first-order chi connectivity index (χ1) is 8.83. The van der Waals surface area contributed by atoms with E-state index in [0.29, 0.717) is 12.5 Å². The maximum absolute atomic E-state index is 10.4. The summed E-state index contributed by atoms with van der Waals surface area (Å²) in [5, 5.41) is 0. The largest absolute Gasteiger partial charge is 0.493 e. The predicted molar refractivity (Wildman–Crippen MR) is 70.3 cm³/mol. The van der Waals surface area contributed by atoms with Gasteiger partial charge in [-0.1, -0.05) is 6.07 Å². The lowest BCUT2D eigenvalue weighted by molar-refractivity contribution is -0.107. The molecular weight excluding hydrogens is 228 g/mol. The highest BCUT2D eigenvalue weighted by molar-refractivity contribution is 5.51. The monoisotopic (exact) mass is 248 g/mol. The lowest BCUT2D eigenvalue weighted by Gasteiger charge is -2.16. The summed E-state index contributed by atoms with van der Waals surface area (Å²) >= 11 is 0. The number of hydrogen-bond acceptors (Lipinski definition) is 3. The van der Waals surface area contributed by atoms with E-state index in [1.165, 1.54) is 12.8 Å². The van der Waals surface area contributed by atoms with Crippen molar-refractivity contribution in [2.24, 2.45) is 0 Å². The maximum atomic E-state index is 10.4. The minimum absolute atomic E-state index is 0.320. The molecule has 3 heteroatoms. The molecule has 0 aliphatic heterocycles. The van der Waals surface area contributed by atoms with Crippen molar-refractivity contribution < 1.29 is 14.3 Å². The van der Waals surface area contributed by atoms with Crippen molar-refractivity contribution in [1.29, 1.82) is 0 Å². The van der Waals surface area contributed by atoms with Crippen LogP contribution in [-0.4, -0.2) is 19.5 Å². The summed E-state index contributed by atoms with van der Waals surface area (Å²) in [5.74, 6) is 1.59. The Bertz CT molecular complexity index is 395. The maximum Gasteiger partial charge on any atom is 0.161 e. The van der Waals surface area contributed by atoms with E-state index in [1.807, 2.05) is 18.2 Å². The number of rotatable bonds is 6. The van der Waals surface area contributed by atoms with Crippen molar-refractivity contribution in [2.45, 2.75) is 44.6 Å². The van der Waals surface area contributed by atoms with Crippen molar-refractivity contribution in [1.82, 2.24) is 0 Å². The highest BCUT2D eigenvalue weighted by Gasteiger charge is 2.18. The summed E-state index contributed by atoms with van der Waals surface area (Å²) in [6, 6.07) is 5.91. The molecule has 1 aliphatic rings. The van der Waals surface area contributed by atoms with Gasteiger partial charge in [-0.2, -0.15) is 0 Å². The Balaban J connectivity index is 2.10. The fraction of sp³-hybridized carbons (Fsp3) is 0.533. The molecule has 0 N–H and O–H groups in total. The fourth-order valence-corrected chi connectivity index (χ4v) is 2.38. The third-order valence-corrected chi connectivity index (χ3v) is 3.37. The Morgan fingerprint density at radius 2 is 2.06 bits per heavy atom. The molecule has 3 nitrogen and oxygen atoms in total. The number of methoxy groups -OCH3 is 1. The predicted octanol–water partition coefficient (Wildman–Crippen LogP) is 3.15. The lowest BCUT2D eigenvalue weighted by Crippen LogP contribution is -2.11. The number of aldehydes is 1. The third kappa shape index (κ3) is 3.25. The zero-order chi connectivity index (χ0) is 12.8. The zero-order valence-corrected chi connectivity index (χ0v) is 10.9. The molecule has 1 aromatic carbocycles. The van der Waals surface area contributed by atoms with E-state index >= 15 is 0 Å². The Morgan fingerprint density at radius 3 is 2.72 bits per heavy atom. The zero-order valence-electron chi connectivity index (χ0n) is 10.9. The average molecular weight is 248 g/mol. The molecule has 0 heterocycles. The molecule has 0 amide bonds. The second-order valence-electron chi connectivity index (χ2n) is 4.71. The average Bonchev–Trinajstić information content (AvgIpc) is 2.89. The lowest BCUT2D eigenvalue weighted by atomic mass is 10.1. The minimum Gasteiger partial charge on any atom is -0.493 e. The molecule has 0 atom stereocenters. The van der Waals surface area contributed by atoms with Crippen molar-refractivity contribution in [2.75, 3.05) is 7.11 Å². The van der Waals surface area contributed by atoms with Crippen molar-refractivity contribution in [3.63, 3.8) is 0 Å². The van der Waals surface area contributed by atoms with E-state index in [0.717, 1.165) is 42.6 Å². The number of carbonyl (C=O) groups excluding carboxylic acids is 1. The number of ether oxygens (including phenoxy) is 2. The van der Waals surface area contributed by atoms with Crippen LogP contribution in [0.25, 0.3) is 0 Å². The second kappa shape index (κ2) is 6.43. The van der Waals surface area contributed by atoms with Gasteiger partial charge in [0.1, 0.15) is 6.29 Å². The first-order valence-electron chi connectivity index (χ1n) is 6.60. The van der Waals surface area contributed by atoms with Crippen LogP contribution in [0.4, 0.5) is 0 Å². The normalized spacial score (nSPS) is 15.6. The molecule has 0 radical (unpaired) electrons. The van der Waals surface area contributed by atoms with Gasteiger partial charge in [-0.15, -0.1) is 0 Å². The van der Waals surface area contributed by atoms with Crippen LogP contribution in [0.2, 0.25) is 0 Å². The van der Waals surface area contributed by atoms with Crippen LogP contribution in [0.1, 0.15) is 37.7 Å². The minimum atomic E-state index is 0.320. The van der Waals surface area contributed by atoms with Crippen molar-refractivity contribution in [3.05, 3.63) is 23.8 Å². The van der Waals surface area contributed by atoms with Gasteiger partial charge in [0.05, 0.1) is 13.2 Å². The summed E-state index contributed by atoms with van der Waals surface area (Å²) in [4.78, 5) is 10.4. The van der Waals surface area contributed by atoms with E-state index in [-0.39, 0.29) is 0 Å². The molecule has 0 aromatic heterocycles. The van der Waals surface area contributed by atoms with Gasteiger partial charge < -0.3 is 14.3 Å². The van der Waals surface area contributed by atoms with Crippen molar-refractivity contribution in [3.8, 4) is 11.5 Å². The Kier molecular flexibility index (Phi) is 4.62. The second-order valence-corrected chi connectivity index (χ2v) is 4.71. The molecule has 0 bridgehead atoms. The van der Waals surface area contributed by atoms with Gasteiger partial charge in [-0.05, 0) is 49.8 Å². The van der Waals surface area contributed by atoms with Crippen LogP contribution >= 0.6 is 0 Å². The number of carbonyl (C=O) groups is 1. The van der Waals surface area contributed by atoms with Crippen LogP contribution in [0.3, 0.4) is 0 Å². The highest BCUT2D eigenvalue weighted by atomic mass is 16.5. The van der Waals surface area contributed by atoms with Gasteiger partial charge in [0.2, 0.25) is 0 Å². The summed E-state index contributed by atoms with van der Waals surface area (Å²) < 4.78 is 11.3. The van der Waals surface area contributed by atoms with Gasteiger partial charge in [0.15, 0.2) is 11.5 Å². The van der Waals surface area contributed by atoms with Crippen LogP contribution in [-0.2, 0) is 11.2 Å². The van der Waals surface area contributed by atoms with Gasteiger partial charge in [0, 0.05) is 6.42 Å². The van der Waals surface area contributed by atoms with E-state index in [2.05, 4.69) is 0 Å². The van der Waals surface area contributed by atoms with Gasteiger partial charge in [-0.3, -0.25) is 0 Å². The molecule has 1 fully saturated rings. The van der Waals surface area contributed by atoms with E-state index in [9.17, 15) is 4.79 Å². The van der Waals surface area contributed by atoms with Gasteiger partial charge >= 0.3 is 0 Å². The van der Waals surface area contributed by atoms with Crippen molar-refractivity contribution >= 4 is 6.29 Å². The number of benzene rings is 1. The SMILES string of the molecule is COc1ccc(CCC=O)cc1OC1CCCC1. The fourth-order valence-electron chi connectivity index (χ4n) is 2.38. The first kappa shape index (κ1) is 12.9. The number of hydrogen-bond donors (Lipinski definition) is 0. The topological polar surface area (TPSA) is 35.5 Å². The van der Waals surface area contributed by atoms with Crippen LogP contribution < -0.4 is 9.47 Å². The first-order valence-corrected chi connectivity index (χ1v) is 6.60. The van der Waals surface area contributed by atoms with Crippen LogP contribution in [0.15, 0.2) is 18.2 Å². The molecule has 0 spiro atoms. The molecule has 1 saturated carbocycles.